The largest absolute Gasteiger partial charge is 0.467 e. The number of ether oxygens (including phenoxy) is 1. The van der Waals surface area contributed by atoms with Gasteiger partial charge in [-0.15, -0.1) is 0 Å². The Hall–Kier alpha value is -4.67. The van der Waals surface area contributed by atoms with E-state index in [0.29, 0.717) is 16.8 Å². The van der Waals surface area contributed by atoms with E-state index in [-0.39, 0.29) is 30.0 Å². The lowest BCUT2D eigenvalue weighted by atomic mass is 10.00. The predicted molar refractivity (Wildman–Crippen MR) is 120 cm³/mol. The molecule has 1 aliphatic heterocycles. The van der Waals surface area contributed by atoms with Crippen LogP contribution in [0, 0.1) is 0 Å². The predicted octanol–water partition coefficient (Wildman–Crippen LogP) is 2.05. The van der Waals surface area contributed by atoms with Crippen molar-refractivity contribution in [1.82, 2.24) is 30.0 Å². The number of rotatable bonds is 6. The zero-order valence-electron chi connectivity index (χ0n) is 18.1. The average Bonchev–Trinajstić information content (AvgIpc) is 3.52. The number of fused-ring (bicyclic) bond motifs is 1. The third kappa shape index (κ3) is 3.72. The molecule has 11 nitrogen and oxygen atoms in total. The summed E-state index contributed by atoms with van der Waals surface area (Å²) in [5.41, 5.74) is 1.15. The van der Waals surface area contributed by atoms with E-state index in [4.69, 9.17) is 9.15 Å². The number of benzene rings is 1. The first-order valence-corrected chi connectivity index (χ1v) is 10.6. The molecule has 0 fully saturated rings. The topological polar surface area (TPSA) is 133 Å². The molecule has 2 N–H and O–H groups in total. The van der Waals surface area contributed by atoms with Crippen LogP contribution in [0.5, 0.6) is 0 Å². The van der Waals surface area contributed by atoms with E-state index < -0.39 is 18.0 Å². The summed E-state index contributed by atoms with van der Waals surface area (Å²) in [6.45, 7) is 1.71. The lowest BCUT2D eigenvalue weighted by Gasteiger charge is -2.28. The van der Waals surface area contributed by atoms with Gasteiger partial charge in [0.25, 0.3) is 5.56 Å². The van der Waals surface area contributed by atoms with E-state index >= 15 is 0 Å². The molecule has 5 rings (SSSR count). The first kappa shape index (κ1) is 21.2. The van der Waals surface area contributed by atoms with Crippen molar-refractivity contribution >= 4 is 23.0 Å². The molecule has 0 radical (unpaired) electrons. The number of hydrogen-bond donors (Lipinski definition) is 2. The molecule has 0 saturated carbocycles. The van der Waals surface area contributed by atoms with Crippen molar-refractivity contribution in [2.75, 3.05) is 6.61 Å². The molecule has 1 unspecified atom stereocenters. The zero-order valence-corrected chi connectivity index (χ0v) is 18.1. The number of carbonyl (C=O) groups excluding carboxylic acids is 2. The Morgan fingerprint density at radius 1 is 1.18 bits per heavy atom. The van der Waals surface area contributed by atoms with E-state index in [9.17, 15) is 14.4 Å². The van der Waals surface area contributed by atoms with Crippen molar-refractivity contribution in [3.63, 3.8) is 0 Å². The number of esters is 1. The minimum Gasteiger partial charge on any atom is -0.467 e. The van der Waals surface area contributed by atoms with Gasteiger partial charge in [0.2, 0.25) is 0 Å². The Balaban J connectivity index is 1.58. The highest BCUT2D eigenvalue weighted by Crippen LogP contribution is 2.28. The third-order valence-electron chi connectivity index (χ3n) is 5.36. The van der Waals surface area contributed by atoms with Crippen molar-refractivity contribution in [3.05, 3.63) is 88.6 Å². The smallest absolute Gasteiger partial charge is 0.338 e. The van der Waals surface area contributed by atoms with Gasteiger partial charge in [-0.25, -0.2) is 19.3 Å². The molecule has 1 aliphatic rings. The molecular formula is C23H20N6O5. The molecular weight excluding hydrogens is 440 g/mol. The quantitative estimate of drug-likeness (QED) is 0.421. The second-order valence-corrected chi connectivity index (χ2v) is 7.47. The maximum Gasteiger partial charge on any atom is 0.338 e. The molecule has 3 aromatic heterocycles. The lowest BCUT2D eigenvalue weighted by Crippen LogP contribution is -2.47. The summed E-state index contributed by atoms with van der Waals surface area (Å²) < 4.78 is 13.5. The molecule has 4 aromatic rings. The van der Waals surface area contributed by atoms with E-state index in [1.54, 1.807) is 23.7 Å². The third-order valence-corrected chi connectivity index (χ3v) is 5.36. The maximum absolute atomic E-state index is 13.2. The average molecular weight is 460 g/mol. The summed E-state index contributed by atoms with van der Waals surface area (Å²) in [5, 5.41) is 9.90. The van der Waals surface area contributed by atoms with Crippen LogP contribution in [0.4, 0.5) is 4.79 Å². The van der Waals surface area contributed by atoms with E-state index in [0.717, 1.165) is 5.69 Å². The zero-order chi connectivity index (χ0) is 23.7. The number of carbonyl (C=O) groups is 2. The Labute approximate surface area is 192 Å². The standard InChI is InChI=1S/C23H20N6O5/c1-2-33-22(31)18-16(26-23(32)27-19(18)17-9-6-10-34-17)12-28-13-24-20-15(21(28)30)11-25-29(20)14-7-4-3-5-8-14/h3-11,13,19H,2,12H2,1H3,(H2,26,27,32). The summed E-state index contributed by atoms with van der Waals surface area (Å²) in [7, 11) is 0. The monoisotopic (exact) mass is 460 g/mol. The number of furan rings is 1. The first-order valence-electron chi connectivity index (χ1n) is 10.6. The Kier molecular flexibility index (Phi) is 5.42. The molecule has 0 spiro atoms. The van der Waals surface area contributed by atoms with Crippen molar-refractivity contribution < 1.29 is 18.7 Å². The van der Waals surface area contributed by atoms with E-state index in [2.05, 4.69) is 20.7 Å². The SMILES string of the molecule is CCOC(=O)C1=C(Cn2cnc3c(cnn3-c3ccccc3)c2=O)NC(=O)NC1c1ccco1. The molecule has 172 valence electrons. The summed E-state index contributed by atoms with van der Waals surface area (Å²) in [6, 6.07) is 11.2. The molecule has 0 saturated heterocycles. The van der Waals surface area contributed by atoms with E-state index in [1.807, 2.05) is 30.3 Å². The Bertz CT molecular complexity index is 1450. The molecule has 2 amide bonds. The van der Waals surface area contributed by atoms with Crippen LogP contribution in [0.2, 0.25) is 0 Å². The number of nitrogens with one attached hydrogen (secondary N) is 2. The molecule has 0 bridgehead atoms. The lowest BCUT2D eigenvalue weighted by molar-refractivity contribution is -0.139. The molecule has 1 aromatic carbocycles. The molecule has 11 heteroatoms. The van der Waals surface area contributed by atoms with E-state index in [1.165, 1.54) is 23.4 Å². The van der Waals surface area contributed by atoms with Crippen molar-refractivity contribution in [2.24, 2.45) is 0 Å². The fourth-order valence-electron chi connectivity index (χ4n) is 3.85. The van der Waals surface area contributed by atoms with Crippen LogP contribution in [0.15, 0.2) is 81.7 Å². The molecule has 4 heterocycles. The number of hydrogen-bond acceptors (Lipinski definition) is 7. The second-order valence-electron chi connectivity index (χ2n) is 7.47. The van der Waals surface area contributed by atoms with Crippen LogP contribution in [-0.4, -0.2) is 37.9 Å². The highest BCUT2D eigenvalue weighted by Gasteiger charge is 2.35. The number of amides is 2. The van der Waals surface area contributed by atoms with Crippen molar-refractivity contribution in [1.29, 1.82) is 0 Å². The van der Waals surface area contributed by atoms with Gasteiger partial charge in [0.1, 0.15) is 23.5 Å². The van der Waals surface area contributed by atoms with Gasteiger partial charge in [0.05, 0.1) is 42.6 Å². The Morgan fingerprint density at radius 3 is 2.74 bits per heavy atom. The summed E-state index contributed by atoms with van der Waals surface area (Å²) in [5.74, 6) is -0.272. The van der Waals surface area contributed by atoms with Crippen LogP contribution in [-0.2, 0) is 16.1 Å². The number of aromatic nitrogens is 4. The molecule has 1 atom stereocenters. The number of para-hydroxylation sites is 1. The first-order chi connectivity index (χ1) is 16.6. The van der Waals surface area contributed by atoms with Gasteiger partial charge in [-0.1, -0.05) is 18.2 Å². The molecule has 0 aliphatic carbocycles. The van der Waals surface area contributed by atoms with Crippen LogP contribution in [0.3, 0.4) is 0 Å². The van der Waals surface area contributed by atoms with Crippen LogP contribution in [0.1, 0.15) is 18.7 Å². The summed E-state index contributed by atoms with van der Waals surface area (Å²) in [4.78, 5) is 42.9. The number of allylic oxidation sites excluding steroid dienone is 1. The van der Waals surface area contributed by atoms with Gasteiger partial charge in [-0.3, -0.25) is 9.36 Å². The maximum atomic E-state index is 13.2. The van der Waals surface area contributed by atoms with Gasteiger partial charge >= 0.3 is 12.0 Å². The van der Waals surface area contributed by atoms with Gasteiger partial charge in [-0.2, -0.15) is 5.10 Å². The van der Waals surface area contributed by atoms with Crippen LogP contribution >= 0.6 is 0 Å². The fraction of sp³-hybridized carbons (Fsp3) is 0.174. The fourth-order valence-corrected chi connectivity index (χ4v) is 3.85. The van der Waals surface area contributed by atoms with Gasteiger partial charge < -0.3 is 19.8 Å². The molecule has 34 heavy (non-hydrogen) atoms. The van der Waals surface area contributed by atoms with Crippen LogP contribution < -0.4 is 16.2 Å². The van der Waals surface area contributed by atoms with Gasteiger partial charge in [0, 0.05) is 0 Å². The van der Waals surface area contributed by atoms with Crippen molar-refractivity contribution in [2.45, 2.75) is 19.5 Å². The van der Waals surface area contributed by atoms with Crippen molar-refractivity contribution in [3.8, 4) is 5.69 Å². The highest BCUT2D eigenvalue weighted by molar-refractivity contribution is 5.95. The van der Waals surface area contributed by atoms with Gasteiger partial charge in [0.15, 0.2) is 5.65 Å². The number of urea groups is 1. The minimum absolute atomic E-state index is 0.114. The Morgan fingerprint density at radius 2 is 2.00 bits per heavy atom. The highest BCUT2D eigenvalue weighted by atomic mass is 16.5. The second kappa shape index (κ2) is 8.70. The van der Waals surface area contributed by atoms with Gasteiger partial charge in [-0.05, 0) is 31.2 Å². The van der Waals surface area contributed by atoms with Crippen LogP contribution in [0.25, 0.3) is 16.7 Å². The summed E-state index contributed by atoms with van der Waals surface area (Å²) in [6.07, 6.45) is 4.25. The summed E-state index contributed by atoms with van der Waals surface area (Å²) >= 11 is 0. The minimum atomic E-state index is -0.869. The normalized spacial score (nSPS) is 15.8. The number of nitrogens with zero attached hydrogens (tertiary/aromatic N) is 4.